The van der Waals surface area contributed by atoms with Crippen LogP contribution in [0.4, 0.5) is 8.78 Å². The van der Waals surface area contributed by atoms with E-state index in [0.29, 0.717) is 76.6 Å². The summed E-state index contributed by atoms with van der Waals surface area (Å²) in [6, 6.07) is -1.22. The first-order valence-electron chi connectivity index (χ1n) is 26.7. The van der Waals surface area contributed by atoms with Crippen LogP contribution in [0.2, 0.25) is 0 Å². The smallest absolute Gasteiger partial charge is 0.345 e. The van der Waals surface area contributed by atoms with E-state index in [-0.39, 0.29) is 62.4 Å². The number of carbonyl (C=O) groups excluding carboxylic acids is 5. The molecule has 4 aliphatic rings. The fourth-order valence-electron chi connectivity index (χ4n) is 10.8. The van der Waals surface area contributed by atoms with Crippen molar-refractivity contribution in [3.63, 3.8) is 0 Å². The SMILES string of the molecule is COCCOCCOC1C[C@@H]2CC[C@@H](C)[C@@](O)(O2)C(=O)C(=O)N2CCCC[C@H]2C(=O)O[C@H]([C@H](C)C[C@@H]2CC[C@@H](OC(F)F)[C@H](OC)C2)CC(=O)[C@H](C)/C=C(\C)[C@@H](O)[C@@H](OC)C(=O)[C@H](C)C[C@H](C)/C=C/C=CC=C1C. The number of hydrogen-bond donors (Lipinski definition) is 2. The van der Waals surface area contributed by atoms with Gasteiger partial charge in [0.15, 0.2) is 5.78 Å². The van der Waals surface area contributed by atoms with Gasteiger partial charge in [0.05, 0.1) is 50.8 Å². The Labute approximate surface area is 437 Å². The van der Waals surface area contributed by atoms with E-state index in [2.05, 4.69) is 0 Å². The van der Waals surface area contributed by atoms with Gasteiger partial charge in [-0.15, -0.1) is 0 Å². The number of hydrogen-bond acceptors (Lipinski definition) is 15. The molecule has 1 aliphatic carbocycles. The highest BCUT2D eigenvalue weighted by molar-refractivity contribution is 6.39. The van der Waals surface area contributed by atoms with Gasteiger partial charge in [-0.2, -0.15) is 8.78 Å². The van der Waals surface area contributed by atoms with Crippen LogP contribution in [-0.4, -0.2) is 160 Å². The van der Waals surface area contributed by atoms with Crippen molar-refractivity contribution in [2.24, 2.45) is 35.5 Å². The third-order valence-corrected chi connectivity index (χ3v) is 15.4. The maximum absolute atomic E-state index is 14.5. The number of piperidine rings is 1. The Balaban J connectivity index is 1.71. The van der Waals surface area contributed by atoms with Crippen LogP contribution >= 0.6 is 0 Å². The van der Waals surface area contributed by atoms with Crippen molar-refractivity contribution in [3.8, 4) is 0 Å². The van der Waals surface area contributed by atoms with Crippen molar-refractivity contribution in [1.29, 1.82) is 0 Å². The van der Waals surface area contributed by atoms with Gasteiger partial charge in [0, 0.05) is 58.5 Å². The van der Waals surface area contributed by atoms with E-state index in [1.54, 1.807) is 40.9 Å². The zero-order chi connectivity index (χ0) is 54.7. The third-order valence-electron chi connectivity index (χ3n) is 15.4. The maximum atomic E-state index is 14.5. The maximum Gasteiger partial charge on any atom is 0.345 e. The molecule has 0 aromatic carbocycles. The summed E-state index contributed by atoms with van der Waals surface area (Å²) in [5.41, 5.74) is 1.17. The highest BCUT2D eigenvalue weighted by Crippen LogP contribution is 2.38. The molecule has 74 heavy (non-hydrogen) atoms. The monoisotopic (exact) mass is 1050 g/mol. The number of nitrogens with zero attached hydrogens (tertiary/aromatic N) is 1. The van der Waals surface area contributed by atoms with Crippen LogP contribution in [-0.2, 0) is 61.9 Å². The number of aliphatic hydroxyl groups excluding tert-OH is 1. The second-order valence-corrected chi connectivity index (χ2v) is 21.2. The fraction of sp³-hybridized carbons (Fsp3) is 0.768. The molecule has 3 heterocycles. The number of aliphatic hydroxyl groups is 2. The number of amides is 1. The minimum Gasteiger partial charge on any atom is -0.460 e. The summed E-state index contributed by atoms with van der Waals surface area (Å²) in [5.74, 6) is -8.87. The zero-order valence-corrected chi connectivity index (χ0v) is 45.5. The highest BCUT2D eigenvalue weighted by atomic mass is 19.3. The van der Waals surface area contributed by atoms with Gasteiger partial charge in [-0.1, -0.05) is 71.1 Å². The van der Waals surface area contributed by atoms with E-state index in [9.17, 15) is 43.0 Å². The second kappa shape index (κ2) is 31.0. The molecule has 0 spiro atoms. The lowest BCUT2D eigenvalue weighted by Gasteiger charge is -2.43. The first kappa shape index (κ1) is 62.9. The lowest BCUT2D eigenvalue weighted by Crippen LogP contribution is -2.61. The van der Waals surface area contributed by atoms with Crippen LogP contribution in [0.3, 0.4) is 0 Å². The standard InChI is InChI=1S/C56H87F2NO15/c1-34-16-12-11-13-17-35(2)46(71-27-26-70-25-24-67-8)32-42-21-19-40(7)56(66,74-42)52(63)53(64)59-23-15-14-18-43(59)54(65)72-47(37(4)30-41-20-22-45(73-55(57)58)48(31-41)68-9)33-44(60)36(3)29-39(6)50(62)51(69-10)49(61)38(5)28-34/h11-13,16-17,29,34,36-38,40-43,45-48,50-51,55,62,66H,14-15,18-28,30-33H2,1-10H3/b13-11?,16-12+,35-17?,39-29+/t34-,36-,37-,38-,40-,41+,42+,43+,45-,46?,47+,48-,50-,51+,56-/m1/s1. The number of allylic oxidation sites excluding steroid dienone is 6. The topological polar surface area (TPSA) is 203 Å². The minimum absolute atomic E-state index is 0.0286. The van der Waals surface area contributed by atoms with Crippen LogP contribution in [0.15, 0.2) is 47.6 Å². The van der Waals surface area contributed by atoms with Gasteiger partial charge < -0.3 is 53.0 Å². The third kappa shape index (κ3) is 18.3. The summed E-state index contributed by atoms with van der Waals surface area (Å²) in [5, 5.41) is 23.6. The number of esters is 1. The summed E-state index contributed by atoms with van der Waals surface area (Å²) in [7, 11) is 4.38. The van der Waals surface area contributed by atoms with Crippen molar-refractivity contribution in [2.75, 3.05) is 54.3 Å². The number of fused-ring (bicyclic) bond motifs is 3. The Morgan fingerprint density at radius 3 is 2.26 bits per heavy atom. The minimum atomic E-state index is -2.96. The number of ketones is 3. The Kier molecular flexibility index (Phi) is 26.3. The molecular weight excluding hydrogens is 965 g/mol. The molecule has 0 aromatic heterocycles. The lowest BCUT2D eigenvalue weighted by atomic mass is 9.78. The summed E-state index contributed by atoms with van der Waals surface area (Å²) in [6.07, 6.45) is 8.87. The van der Waals surface area contributed by atoms with Crippen LogP contribution in [0.25, 0.3) is 0 Å². The van der Waals surface area contributed by atoms with Crippen molar-refractivity contribution in [3.05, 3.63) is 47.6 Å². The molecule has 2 saturated heterocycles. The highest BCUT2D eigenvalue weighted by Gasteiger charge is 2.53. The van der Waals surface area contributed by atoms with Crippen LogP contribution < -0.4 is 0 Å². The predicted octanol–water partition coefficient (Wildman–Crippen LogP) is 7.46. The van der Waals surface area contributed by atoms with E-state index in [0.717, 1.165) is 10.5 Å². The van der Waals surface area contributed by atoms with Crippen LogP contribution in [0.5, 0.6) is 0 Å². The molecule has 2 N–H and O–H groups in total. The molecule has 0 radical (unpaired) electrons. The molecule has 1 unspecified atom stereocenters. The number of methoxy groups -OCH3 is 3. The molecule has 0 aromatic rings. The summed E-state index contributed by atoms with van der Waals surface area (Å²) in [4.78, 5) is 72.6. The Bertz CT molecular complexity index is 1940. The van der Waals surface area contributed by atoms with Crippen molar-refractivity contribution >= 4 is 29.2 Å². The molecule has 4 rings (SSSR count). The first-order chi connectivity index (χ1) is 35.1. The Morgan fingerprint density at radius 2 is 1.57 bits per heavy atom. The van der Waals surface area contributed by atoms with E-state index >= 15 is 0 Å². The van der Waals surface area contributed by atoms with Crippen molar-refractivity contribution in [1.82, 2.24) is 4.90 Å². The Hall–Kier alpha value is -3.59. The number of carbonyl (C=O) groups is 5. The number of halogens is 2. The number of cyclic esters (lactones) is 1. The summed E-state index contributed by atoms with van der Waals surface area (Å²) in [6.45, 7) is 10.8. The van der Waals surface area contributed by atoms with Crippen LogP contribution in [0, 0.1) is 35.5 Å². The van der Waals surface area contributed by atoms with Gasteiger partial charge in [0.1, 0.15) is 30.1 Å². The molecule has 15 atom stereocenters. The molecule has 3 aliphatic heterocycles. The number of ether oxygens (including phenoxy) is 8. The molecule has 3 fully saturated rings. The van der Waals surface area contributed by atoms with Crippen LogP contribution in [0.1, 0.15) is 126 Å². The predicted molar refractivity (Wildman–Crippen MR) is 272 cm³/mol. The number of Topliss-reactive ketones (excluding diaryl/α,β-unsaturated/α-hetero) is 3. The van der Waals surface area contributed by atoms with E-state index < -0.39 is 102 Å². The van der Waals surface area contributed by atoms with Gasteiger partial charge in [-0.25, -0.2) is 4.79 Å². The molecular formula is C56H87F2NO15. The molecule has 420 valence electrons. The molecule has 1 saturated carbocycles. The first-order valence-corrected chi connectivity index (χ1v) is 26.7. The normalized spacial score (nSPS) is 35.9. The van der Waals surface area contributed by atoms with Gasteiger partial charge in [-0.3, -0.25) is 19.2 Å². The number of alkyl halides is 2. The molecule has 16 nitrogen and oxygen atoms in total. The van der Waals surface area contributed by atoms with E-state index in [1.807, 2.05) is 51.2 Å². The molecule has 18 heteroatoms. The summed E-state index contributed by atoms with van der Waals surface area (Å²) < 4.78 is 72.1. The summed E-state index contributed by atoms with van der Waals surface area (Å²) >= 11 is 0. The van der Waals surface area contributed by atoms with Gasteiger partial charge in [0.2, 0.25) is 5.79 Å². The van der Waals surface area contributed by atoms with E-state index in [4.69, 9.17) is 37.9 Å². The lowest BCUT2D eigenvalue weighted by molar-refractivity contribution is -0.266. The average molecular weight is 1050 g/mol. The second-order valence-electron chi connectivity index (χ2n) is 21.2. The van der Waals surface area contributed by atoms with Gasteiger partial charge >= 0.3 is 12.6 Å². The van der Waals surface area contributed by atoms with Gasteiger partial charge in [-0.05, 0) is 107 Å². The van der Waals surface area contributed by atoms with E-state index in [1.165, 1.54) is 14.2 Å². The van der Waals surface area contributed by atoms with Crippen molar-refractivity contribution in [2.45, 2.75) is 187 Å². The molecule has 2 bridgehead atoms. The van der Waals surface area contributed by atoms with Crippen molar-refractivity contribution < 1.29 is 80.9 Å². The fourth-order valence-corrected chi connectivity index (χ4v) is 10.8. The average Bonchev–Trinajstić information content (AvgIpc) is 3.37. The number of rotatable bonds is 14. The molecule has 1 amide bonds. The largest absolute Gasteiger partial charge is 0.460 e. The zero-order valence-electron chi connectivity index (χ0n) is 45.5. The Morgan fingerprint density at radius 1 is 0.838 bits per heavy atom. The van der Waals surface area contributed by atoms with Gasteiger partial charge in [0.25, 0.3) is 11.7 Å². The quantitative estimate of drug-likeness (QED) is 0.0751.